The lowest BCUT2D eigenvalue weighted by Crippen LogP contribution is -2.46. The van der Waals surface area contributed by atoms with Gasteiger partial charge in [0.25, 0.3) is 0 Å². The normalized spacial score (nSPS) is 22.1. The quantitative estimate of drug-likeness (QED) is 0.700. The first-order valence-corrected chi connectivity index (χ1v) is 12.1. The summed E-state index contributed by atoms with van der Waals surface area (Å²) in [7, 11) is -3.77. The second kappa shape index (κ2) is 8.64. The number of nitrogens with one attached hydrogen (secondary N) is 1. The lowest BCUT2D eigenvalue weighted by Gasteiger charge is -2.33. The minimum absolute atomic E-state index is 0.0353. The summed E-state index contributed by atoms with van der Waals surface area (Å²) in [5.41, 5.74) is 0.913. The Kier molecular flexibility index (Phi) is 6.13. The number of ether oxygens (including phenoxy) is 1. The van der Waals surface area contributed by atoms with E-state index in [4.69, 9.17) is 4.74 Å². The molecule has 2 aromatic rings. The first kappa shape index (κ1) is 21.3. The fourth-order valence-corrected chi connectivity index (χ4v) is 5.84. The van der Waals surface area contributed by atoms with Crippen LogP contribution in [0.5, 0.6) is 5.75 Å². The average Bonchev–Trinajstić information content (AvgIpc) is 2.74. The number of sulfonamides is 1. The Morgan fingerprint density at radius 1 is 1.17 bits per heavy atom. The fraction of sp³-hybridized carbons (Fsp3) is 0.381. The van der Waals surface area contributed by atoms with Crippen LogP contribution in [0, 0.1) is 11.7 Å². The molecule has 2 aromatic carbocycles. The molecule has 0 spiro atoms. The summed E-state index contributed by atoms with van der Waals surface area (Å²) in [5, 5.41) is 3.08. The maximum Gasteiger partial charge on any atom is 0.243 e. The molecule has 0 aromatic heterocycles. The van der Waals surface area contributed by atoms with Crippen molar-refractivity contribution in [2.45, 2.75) is 30.2 Å². The Bertz CT molecular complexity index is 1050. The number of benzene rings is 2. The highest BCUT2D eigenvalue weighted by Crippen LogP contribution is 2.34. The molecule has 1 saturated heterocycles. The standard InChI is InChI=1S/C21H22BrFN2O4S/c22-15-3-8-20-18(12-15)19(9-11-29-20)24-21(26)14-2-1-10-25(13-14)30(27,28)17-6-4-16(23)5-7-17/h3-8,12,14,19H,1-2,9-11,13H2,(H,24,26). The molecule has 0 saturated carbocycles. The molecule has 2 aliphatic rings. The number of nitrogens with zero attached hydrogens (tertiary/aromatic N) is 1. The van der Waals surface area contributed by atoms with Crippen LogP contribution in [0.1, 0.15) is 30.9 Å². The number of piperidine rings is 1. The van der Waals surface area contributed by atoms with Gasteiger partial charge in [-0.2, -0.15) is 4.31 Å². The van der Waals surface area contributed by atoms with E-state index >= 15 is 0 Å². The molecule has 2 unspecified atom stereocenters. The highest BCUT2D eigenvalue weighted by Gasteiger charge is 2.34. The van der Waals surface area contributed by atoms with Crippen LogP contribution in [-0.4, -0.2) is 38.3 Å². The smallest absolute Gasteiger partial charge is 0.243 e. The van der Waals surface area contributed by atoms with Crippen LogP contribution in [-0.2, 0) is 14.8 Å². The highest BCUT2D eigenvalue weighted by atomic mass is 79.9. The average molecular weight is 497 g/mol. The summed E-state index contributed by atoms with van der Waals surface area (Å²) in [6.45, 7) is 0.964. The number of rotatable bonds is 4. The predicted octanol–water partition coefficient (Wildman–Crippen LogP) is 3.63. The number of carbonyl (C=O) groups is 1. The molecule has 2 heterocycles. The summed E-state index contributed by atoms with van der Waals surface area (Å²) in [4.78, 5) is 13.0. The van der Waals surface area contributed by atoms with E-state index in [9.17, 15) is 17.6 Å². The third kappa shape index (κ3) is 4.38. The zero-order valence-electron chi connectivity index (χ0n) is 16.2. The molecule has 2 aliphatic heterocycles. The van der Waals surface area contributed by atoms with Crippen LogP contribution < -0.4 is 10.1 Å². The van der Waals surface area contributed by atoms with Crippen molar-refractivity contribution in [1.82, 2.24) is 9.62 Å². The van der Waals surface area contributed by atoms with Crippen LogP contribution in [0.25, 0.3) is 0 Å². The van der Waals surface area contributed by atoms with Gasteiger partial charge in [0.05, 0.1) is 23.5 Å². The Morgan fingerprint density at radius 2 is 1.93 bits per heavy atom. The van der Waals surface area contributed by atoms with Gasteiger partial charge in [-0.05, 0) is 55.3 Å². The maximum absolute atomic E-state index is 13.2. The van der Waals surface area contributed by atoms with E-state index in [0.29, 0.717) is 32.4 Å². The zero-order chi connectivity index (χ0) is 21.3. The molecule has 160 valence electrons. The second-order valence-electron chi connectivity index (χ2n) is 7.54. The molecule has 9 heteroatoms. The summed E-state index contributed by atoms with van der Waals surface area (Å²) in [6, 6.07) is 10.3. The first-order valence-electron chi connectivity index (χ1n) is 9.83. The molecule has 4 rings (SSSR count). The predicted molar refractivity (Wildman–Crippen MR) is 113 cm³/mol. The molecule has 2 atom stereocenters. The zero-order valence-corrected chi connectivity index (χ0v) is 18.6. The van der Waals surface area contributed by atoms with Crippen molar-refractivity contribution in [3.05, 3.63) is 58.3 Å². The van der Waals surface area contributed by atoms with Gasteiger partial charge in [-0.25, -0.2) is 12.8 Å². The molecule has 1 fully saturated rings. The minimum Gasteiger partial charge on any atom is -0.493 e. The number of fused-ring (bicyclic) bond motifs is 1. The van der Waals surface area contributed by atoms with Gasteiger partial charge in [-0.1, -0.05) is 15.9 Å². The highest BCUT2D eigenvalue weighted by molar-refractivity contribution is 9.10. The van der Waals surface area contributed by atoms with Gasteiger partial charge in [-0.15, -0.1) is 0 Å². The van der Waals surface area contributed by atoms with Crippen molar-refractivity contribution in [3.63, 3.8) is 0 Å². The molecule has 0 aliphatic carbocycles. The summed E-state index contributed by atoms with van der Waals surface area (Å²) in [5.74, 6) is -0.341. The van der Waals surface area contributed by atoms with E-state index in [-0.39, 0.29) is 23.4 Å². The second-order valence-corrected chi connectivity index (χ2v) is 10.4. The summed E-state index contributed by atoms with van der Waals surface area (Å²) < 4.78 is 46.9. The summed E-state index contributed by atoms with van der Waals surface area (Å²) >= 11 is 3.45. The van der Waals surface area contributed by atoms with Gasteiger partial charge in [0.1, 0.15) is 11.6 Å². The monoisotopic (exact) mass is 496 g/mol. The van der Waals surface area contributed by atoms with E-state index < -0.39 is 21.8 Å². The number of amides is 1. The molecule has 6 nitrogen and oxygen atoms in total. The Morgan fingerprint density at radius 3 is 2.70 bits per heavy atom. The van der Waals surface area contributed by atoms with Crippen LogP contribution in [0.2, 0.25) is 0 Å². The van der Waals surface area contributed by atoms with Gasteiger partial charge in [0.15, 0.2) is 0 Å². The van der Waals surface area contributed by atoms with Crippen molar-refractivity contribution in [2.75, 3.05) is 19.7 Å². The van der Waals surface area contributed by atoms with Crippen molar-refractivity contribution in [1.29, 1.82) is 0 Å². The molecule has 0 bridgehead atoms. The number of hydrogen-bond acceptors (Lipinski definition) is 4. The Hall–Kier alpha value is -1.97. The molecular weight excluding hydrogens is 475 g/mol. The largest absolute Gasteiger partial charge is 0.493 e. The first-order chi connectivity index (χ1) is 14.3. The van der Waals surface area contributed by atoms with E-state index in [1.54, 1.807) is 0 Å². The number of hydrogen-bond donors (Lipinski definition) is 1. The van der Waals surface area contributed by atoms with Crippen LogP contribution in [0.15, 0.2) is 51.8 Å². The lowest BCUT2D eigenvalue weighted by atomic mass is 9.96. The van der Waals surface area contributed by atoms with E-state index in [0.717, 1.165) is 27.9 Å². The third-order valence-electron chi connectivity index (χ3n) is 5.53. The van der Waals surface area contributed by atoms with Gasteiger partial charge in [-0.3, -0.25) is 4.79 Å². The lowest BCUT2D eigenvalue weighted by molar-refractivity contribution is -0.127. The fourth-order valence-electron chi connectivity index (χ4n) is 3.94. The molecule has 1 N–H and O–H groups in total. The van der Waals surface area contributed by atoms with Gasteiger partial charge >= 0.3 is 0 Å². The van der Waals surface area contributed by atoms with Crippen LogP contribution >= 0.6 is 15.9 Å². The van der Waals surface area contributed by atoms with E-state index in [1.165, 1.54) is 16.4 Å². The topological polar surface area (TPSA) is 75.7 Å². The molecule has 1 amide bonds. The molecule has 30 heavy (non-hydrogen) atoms. The third-order valence-corrected chi connectivity index (χ3v) is 7.91. The van der Waals surface area contributed by atoms with Crippen molar-refractivity contribution in [3.8, 4) is 5.75 Å². The van der Waals surface area contributed by atoms with Crippen molar-refractivity contribution < 1.29 is 22.3 Å². The SMILES string of the molecule is O=C(NC1CCOc2ccc(Br)cc21)C1CCCN(S(=O)(=O)c2ccc(F)cc2)C1. The Balaban J connectivity index is 1.47. The maximum atomic E-state index is 13.2. The molecule has 0 radical (unpaired) electrons. The van der Waals surface area contributed by atoms with Gasteiger partial charge < -0.3 is 10.1 Å². The van der Waals surface area contributed by atoms with Gasteiger partial charge in [0.2, 0.25) is 15.9 Å². The van der Waals surface area contributed by atoms with E-state index in [2.05, 4.69) is 21.2 Å². The van der Waals surface area contributed by atoms with Crippen LogP contribution in [0.4, 0.5) is 4.39 Å². The van der Waals surface area contributed by atoms with Crippen LogP contribution in [0.3, 0.4) is 0 Å². The number of halogens is 2. The van der Waals surface area contributed by atoms with Crippen molar-refractivity contribution >= 4 is 31.9 Å². The van der Waals surface area contributed by atoms with Crippen molar-refractivity contribution in [2.24, 2.45) is 5.92 Å². The van der Waals surface area contributed by atoms with Gasteiger partial charge in [0, 0.05) is 29.5 Å². The molecular formula is C21H22BrFN2O4S. The Labute approximate surface area is 183 Å². The van der Waals surface area contributed by atoms with E-state index in [1.807, 2.05) is 18.2 Å². The summed E-state index contributed by atoms with van der Waals surface area (Å²) in [6.07, 6.45) is 1.86. The minimum atomic E-state index is -3.77. The number of carbonyl (C=O) groups excluding carboxylic acids is 1.